The van der Waals surface area contributed by atoms with E-state index >= 15 is 0 Å². The van der Waals surface area contributed by atoms with Gasteiger partial charge in [-0.15, -0.1) is 0 Å². The summed E-state index contributed by atoms with van der Waals surface area (Å²) >= 11 is 0. The van der Waals surface area contributed by atoms with Crippen molar-refractivity contribution in [2.24, 2.45) is 0 Å². The number of piperidine rings is 1. The Morgan fingerprint density at radius 3 is 2.70 bits per heavy atom. The molecular weight excluding hydrogens is 316 g/mol. The van der Waals surface area contributed by atoms with Gasteiger partial charge < -0.3 is 4.98 Å². The summed E-state index contributed by atoms with van der Waals surface area (Å²) in [6.07, 6.45) is 2.69. The van der Waals surface area contributed by atoms with Gasteiger partial charge in [0, 0.05) is 19.1 Å². The molecule has 0 amide bonds. The highest BCUT2D eigenvalue weighted by molar-refractivity contribution is 7.88. The Bertz CT molecular complexity index is 854. The maximum Gasteiger partial charge on any atom is 0.258 e. The van der Waals surface area contributed by atoms with Crippen molar-refractivity contribution in [3.63, 3.8) is 0 Å². The Balaban J connectivity index is 1.66. The first-order valence-corrected chi connectivity index (χ1v) is 9.47. The topological polar surface area (TPSA) is 95.2 Å². The molecule has 0 spiro atoms. The zero-order valence-electron chi connectivity index (χ0n) is 12.9. The third kappa shape index (κ3) is 4.15. The van der Waals surface area contributed by atoms with Crippen LogP contribution >= 0.6 is 0 Å². The van der Waals surface area contributed by atoms with Gasteiger partial charge in [0.2, 0.25) is 10.0 Å². The van der Waals surface area contributed by atoms with E-state index in [1.54, 1.807) is 6.07 Å². The number of hydrogen-bond donors (Lipinski definition) is 2. The van der Waals surface area contributed by atoms with Crippen LogP contribution < -0.4 is 10.3 Å². The molecule has 1 aromatic carbocycles. The van der Waals surface area contributed by atoms with E-state index in [-0.39, 0.29) is 11.6 Å². The Hall–Kier alpha value is -1.77. The van der Waals surface area contributed by atoms with E-state index in [0.717, 1.165) is 25.9 Å². The largest absolute Gasteiger partial charge is 0.309 e. The van der Waals surface area contributed by atoms with Crippen molar-refractivity contribution in [3.05, 3.63) is 40.4 Å². The van der Waals surface area contributed by atoms with Gasteiger partial charge in [0.05, 0.1) is 23.7 Å². The molecule has 8 heteroatoms. The molecule has 0 bridgehead atoms. The minimum atomic E-state index is -3.16. The molecule has 0 unspecified atom stereocenters. The lowest BCUT2D eigenvalue weighted by Gasteiger charge is -2.31. The minimum absolute atomic E-state index is 0.00939. The molecule has 1 saturated heterocycles. The van der Waals surface area contributed by atoms with E-state index in [9.17, 15) is 13.2 Å². The first-order valence-electron chi connectivity index (χ1n) is 7.58. The summed E-state index contributed by atoms with van der Waals surface area (Å²) in [6.45, 7) is 2.10. The fourth-order valence-corrected chi connectivity index (χ4v) is 3.77. The fourth-order valence-electron chi connectivity index (χ4n) is 2.93. The van der Waals surface area contributed by atoms with Gasteiger partial charge in [-0.2, -0.15) is 0 Å². The van der Waals surface area contributed by atoms with Gasteiger partial charge in [0.1, 0.15) is 5.82 Å². The Labute approximate surface area is 134 Å². The molecular formula is C15H20N4O3S. The van der Waals surface area contributed by atoms with E-state index in [0.29, 0.717) is 23.3 Å². The van der Waals surface area contributed by atoms with Crippen molar-refractivity contribution >= 4 is 20.9 Å². The lowest BCUT2D eigenvalue weighted by Crippen LogP contribution is -2.44. The monoisotopic (exact) mass is 336 g/mol. The number of aromatic amines is 1. The number of nitrogens with one attached hydrogen (secondary N) is 2. The molecule has 0 radical (unpaired) electrons. The molecule has 3 rings (SSSR count). The number of benzene rings is 1. The summed E-state index contributed by atoms with van der Waals surface area (Å²) in [6, 6.07) is 7.26. The first-order chi connectivity index (χ1) is 10.9. The van der Waals surface area contributed by atoms with Gasteiger partial charge in [-0.1, -0.05) is 12.1 Å². The molecule has 0 saturated carbocycles. The number of likely N-dealkylation sites (tertiary alicyclic amines) is 1. The van der Waals surface area contributed by atoms with Gasteiger partial charge in [0.15, 0.2) is 0 Å². The van der Waals surface area contributed by atoms with Crippen molar-refractivity contribution in [2.45, 2.75) is 25.4 Å². The SMILES string of the molecule is CS(=O)(=O)NC1CCN(Cc2nc3ccccc3c(=O)[nH]2)CC1. The highest BCUT2D eigenvalue weighted by atomic mass is 32.2. The second-order valence-corrected chi connectivity index (χ2v) is 7.75. The van der Waals surface area contributed by atoms with Crippen LogP contribution in [-0.2, 0) is 16.6 Å². The lowest BCUT2D eigenvalue weighted by molar-refractivity contribution is 0.196. The highest BCUT2D eigenvalue weighted by Gasteiger charge is 2.22. The van der Waals surface area contributed by atoms with E-state index in [1.807, 2.05) is 18.2 Å². The van der Waals surface area contributed by atoms with Crippen LogP contribution in [-0.4, -0.2) is 48.7 Å². The number of rotatable bonds is 4. The summed E-state index contributed by atoms with van der Waals surface area (Å²) in [5.41, 5.74) is 0.569. The van der Waals surface area contributed by atoms with Gasteiger partial charge in [0.25, 0.3) is 5.56 Å². The third-order valence-electron chi connectivity index (χ3n) is 4.00. The highest BCUT2D eigenvalue weighted by Crippen LogP contribution is 2.13. The van der Waals surface area contributed by atoms with E-state index in [4.69, 9.17) is 0 Å². The molecule has 23 heavy (non-hydrogen) atoms. The minimum Gasteiger partial charge on any atom is -0.309 e. The van der Waals surface area contributed by atoms with Crippen molar-refractivity contribution in [2.75, 3.05) is 19.3 Å². The van der Waals surface area contributed by atoms with Gasteiger partial charge in [-0.25, -0.2) is 18.1 Å². The van der Waals surface area contributed by atoms with Crippen molar-refractivity contribution < 1.29 is 8.42 Å². The number of sulfonamides is 1. The van der Waals surface area contributed by atoms with E-state index in [1.165, 1.54) is 6.26 Å². The molecule has 7 nitrogen and oxygen atoms in total. The average Bonchev–Trinajstić information content (AvgIpc) is 2.48. The van der Waals surface area contributed by atoms with Crippen LogP contribution in [0.5, 0.6) is 0 Å². The molecule has 1 aliphatic heterocycles. The standard InChI is InChI=1S/C15H20N4O3S/c1-23(21,22)18-11-6-8-19(9-7-11)10-14-16-13-5-3-2-4-12(13)15(20)17-14/h2-5,11,18H,6-10H2,1H3,(H,16,17,20). The zero-order chi connectivity index (χ0) is 16.4. The molecule has 0 atom stereocenters. The van der Waals surface area contributed by atoms with Gasteiger partial charge >= 0.3 is 0 Å². The summed E-state index contributed by atoms with van der Waals surface area (Å²) in [4.78, 5) is 21.6. The van der Waals surface area contributed by atoms with Crippen LogP contribution in [0.4, 0.5) is 0 Å². The van der Waals surface area contributed by atoms with Crippen molar-refractivity contribution in [1.29, 1.82) is 0 Å². The predicted octanol–water partition coefficient (Wildman–Crippen LogP) is 0.437. The number of fused-ring (bicyclic) bond motifs is 1. The summed E-state index contributed by atoms with van der Waals surface area (Å²) in [7, 11) is -3.16. The number of hydrogen-bond acceptors (Lipinski definition) is 5. The molecule has 1 fully saturated rings. The summed E-state index contributed by atoms with van der Waals surface area (Å²) in [5, 5.41) is 0.590. The van der Waals surface area contributed by atoms with Gasteiger partial charge in [-0.05, 0) is 25.0 Å². The maximum atomic E-state index is 12.1. The number of para-hydroxylation sites is 1. The van der Waals surface area contributed by atoms with Crippen LogP contribution in [0.25, 0.3) is 10.9 Å². The van der Waals surface area contributed by atoms with Crippen LogP contribution in [0, 0.1) is 0 Å². The zero-order valence-corrected chi connectivity index (χ0v) is 13.8. The van der Waals surface area contributed by atoms with Gasteiger partial charge in [-0.3, -0.25) is 9.69 Å². The number of aromatic nitrogens is 2. The second kappa shape index (κ2) is 6.38. The van der Waals surface area contributed by atoms with E-state index < -0.39 is 10.0 Å². The third-order valence-corrected chi connectivity index (χ3v) is 4.77. The predicted molar refractivity (Wildman–Crippen MR) is 88.6 cm³/mol. The normalized spacial score (nSPS) is 17.6. The quantitative estimate of drug-likeness (QED) is 0.844. The smallest absolute Gasteiger partial charge is 0.258 e. The molecule has 2 aromatic rings. The van der Waals surface area contributed by atoms with Crippen molar-refractivity contribution in [3.8, 4) is 0 Å². The van der Waals surface area contributed by atoms with Crippen LogP contribution in [0.3, 0.4) is 0 Å². The summed E-state index contributed by atoms with van der Waals surface area (Å²) < 4.78 is 25.2. The number of H-pyrrole nitrogens is 1. The molecule has 0 aliphatic carbocycles. The molecule has 2 heterocycles. The Kier molecular flexibility index (Phi) is 4.47. The van der Waals surface area contributed by atoms with Crippen molar-refractivity contribution in [1.82, 2.24) is 19.6 Å². The second-order valence-electron chi connectivity index (χ2n) is 5.97. The Morgan fingerprint density at radius 2 is 2.00 bits per heavy atom. The lowest BCUT2D eigenvalue weighted by atomic mass is 10.1. The molecule has 1 aliphatic rings. The summed E-state index contributed by atoms with van der Waals surface area (Å²) in [5.74, 6) is 0.642. The average molecular weight is 336 g/mol. The van der Waals surface area contributed by atoms with Crippen LogP contribution in [0.15, 0.2) is 29.1 Å². The number of nitrogens with zero attached hydrogens (tertiary/aromatic N) is 2. The molecule has 1 aromatic heterocycles. The maximum absolute atomic E-state index is 12.1. The molecule has 2 N–H and O–H groups in total. The van der Waals surface area contributed by atoms with E-state index in [2.05, 4.69) is 19.6 Å². The molecule has 124 valence electrons. The van der Waals surface area contributed by atoms with Crippen LogP contribution in [0.2, 0.25) is 0 Å². The van der Waals surface area contributed by atoms with Crippen LogP contribution in [0.1, 0.15) is 18.7 Å². The fraction of sp³-hybridized carbons (Fsp3) is 0.467. The Morgan fingerprint density at radius 1 is 1.30 bits per heavy atom. The first kappa shape index (κ1) is 16.1.